The maximum Gasteiger partial charge on any atom is 0.317 e. The second-order valence-electron chi connectivity index (χ2n) is 6.08. The van der Waals surface area contributed by atoms with Crippen LogP contribution in [0.1, 0.15) is 18.1 Å². The quantitative estimate of drug-likeness (QED) is 0.764. The minimum atomic E-state index is -0.581. The predicted molar refractivity (Wildman–Crippen MR) is 99.1 cm³/mol. The highest BCUT2D eigenvalue weighted by Crippen LogP contribution is 2.38. The Hall–Kier alpha value is -2.81. The lowest BCUT2D eigenvalue weighted by Gasteiger charge is -2.40. The van der Waals surface area contributed by atoms with Crippen molar-refractivity contribution >= 4 is 16.8 Å². The van der Waals surface area contributed by atoms with Gasteiger partial charge in [0, 0.05) is 14.1 Å². The van der Waals surface area contributed by atoms with Gasteiger partial charge >= 0.3 is 6.03 Å². The molecule has 0 saturated carbocycles. The average molecular weight is 318 g/mol. The van der Waals surface area contributed by atoms with E-state index in [0.29, 0.717) is 0 Å². The number of hydrogen-bond acceptors (Lipinski definition) is 1. The number of nitrogens with one attached hydrogen (secondary N) is 1. The molecule has 3 rings (SSSR count). The van der Waals surface area contributed by atoms with Crippen LogP contribution in [-0.2, 0) is 5.54 Å². The Labute approximate surface area is 142 Å². The van der Waals surface area contributed by atoms with E-state index in [1.54, 1.807) is 11.9 Å². The summed E-state index contributed by atoms with van der Waals surface area (Å²) >= 11 is 0. The number of rotatable bonds is 3. The van der Waals surface area contributed by atoms with E-state index in [0.717, 1.165) is 16.5 Å². The first-order valence-corrected chi connectivity index (χ1v) is 8.08. The Kier molecular flexibility index (Phi) is 4.26. The van der Waals surface area contributed by atoms with Gasteiger partial charge in [-0.15, -0.1) is 0 Å². The van der Waals surface area contributed by atoms with Crippen molar-refractivity contribution in [3.05, 3.63) is 83.9 Å². The van der Waals surface area contributed by atoms with Crippen molar-refractivity contribution in [3.8, 4) is 0 Å². The summed E-state index contributed by atoms with van der Waals surface area (Å²) in [7, 11) is 3.50. The monoisotopic (exact) mass is 318 g/mol. The summed E-state index contributed by atoms with van der Waals surface area (Å²) in [6.45, 7) is 2.10. The number of urea groups is 1. The fourth-order valence-corrected chi connectivity index (χ4v) is 3.31. The van der Waals surface area contributed by atoms with Crippen molar-refractivity contribution in [2.45, 2.75) is 12.5 Å². The van der Waals surface area contributed by atoms with Crippen LogP contribution in [0, 0.1) is 0 Å². The van der Waals surface area contributed by atoms with Crippen LogP contribution in [0.4, 0.5) is 4.79 Å². The highest BCUT2D eigenvalue weighted by atomic mass is 16.2. The summed E-state index contributed by atoms with van der Waals surface area (Å²) in [6.07, 6.45) is 0. The fraction of sp³-hybridized carbons (Fsp3) is 0.190. The van der Waals surface area contributed by atoms with Crippen LogP contribution in [0.5, 0.6) is 0 Å². The molecule has 0 unspecified atom stereocenters. The van der Waals surface area contributed by atoms with E-state index in [-0.39, 0.29) is 6.03 Å². The topological polar surface area (TPSA) is 32.3 Å². The number of carbonyl (C=O) groups excluding carboxylic acids is 1. The first kappa shape index (κ1) is 16.1. The van der Waals surface area contributed by atoms with Gasteiger partial charge in [0.25, 0.3) is 0 Å². The van der Waals surface area contributed by atoms with E-state index in [2.05, 4.69) is 54.7 Å². The van der Waals surface area contributed by atoms with Crippen LogP contribution in [0.15, 0.2) is 72.8 Å². The molecule has 0 spiro atoms. The molecule has 0 radical (unpaired) electrons. The third-order valence-corrected chi connectivity index (χ3v) is 4.84. The van der Waals surface area contributed by atoms with E-state index >= 15 is 0 Å². The maximum absolute atomic E-state index is 12.5. The number of amides is 2. The molecule has 24 heavy (non-hydrogen) atoms. The molecule has 3 heteroatoms. The summed E-state index contributed by atoms with van der Waals surface area (Å²) in [4.78, 5) is 14.2. The van der Waals surface area contributed by atoms with E-state index in [4.69, 9.17) is 0 Å². The Morgan fingerprint density at radius 3 is 2.25 bits per heavy atom. The molecule has 1 atom stereocenters. The Balaban J connectivity index is 2.31. The molecular weight excluding hydrogens is 296 g/mol. The van der Waals surface area contributed by atoms with Crippen molar-refractivity contribution in [2.24, 2.45) is 0 Å². The number of nitrogens with zero attached hydrogens (tertiary/aromatic N) is 1. The third-order valence-electron chi connectivity index (χ3n) is 4.84. The van der Waals surface area contributed by atoms with Gasteiger partial charge in [-0.1, -0.05) is 72.8 Å². The van der Waals surface area contributed by atoms with Crippen LogP contribution < -0.4 is 5.32 Å². The van der Waals surface area contributed by atoms with Crippen LogP contribution in [0.3, 0.4) is 0 Å². The molecule has 0 aliphatic heterocycles. The van der Waals surface area contributed by atoms with E-state index in [9.17, 15) is 4.79 Å². The summed E-state index contributed by atoms with van der Waals surface area (Å²) < 4.78 is 0. The molecule has 2 amide bonds. The zero-order valence-corrected chi connectivity index (χ0v) is 14.3. The Morgan fingerprint density at radius 2 is 1.54 bits per heavy atom. The molecule has 0 fully saturated rings. The standard InChI is InChI=1S/C21H22N2O/c1-21(23(3)20(24)22-2,17-12-5-4-6-13-17)19-15-9-11-16-10-7-8-14-18(16)19/h4-15H,1-3H3,(H,22,24)/t21-/m1/s1. The van der Waals surface area contributed by atoms with Gasteiger partial charge in [-0.05, 0) is 28.8 Å². The lowest BCUT2D eigenvalue weighted by atomic mass is 9.81. The zero-order valence-electron chi connectivity index (χ0n) is 14.3. The van der Waals surface area contributed by atoms with Crippen LogP contribution in [-0.4, -0.2) is 25.0 Å². The molecule has 0 heterocycles. The van der Waals surface area contributed by atoms with Crippen molar-refractivity contribution < 1.29 is 4.79 Å². The summed E-state index contributed by atoms with van der Waals surface area (Å²) in [6, 6.07) is 24.6. The molecule has 0 bridgehead atoms. The molecule has 0 aliphatic rings. The first-order chi connectivity index (χ1) is 11.6. The van der Waals surface area contributed by atoms with Gasteiger partial charge in [-0.3, -0.25) is 0 Å². The SMILES string of the molecule is CNC(=O)N(C)[C@](C)(c1ccccc1)c1cccc2ccccc12. The third kappa shape index (κ3) is 2.52. The molecule has 3 aromatic rings. The largest absolute Gasteiger partial charge is 0.341 e. The molecule has 3 aromatic carbocycles. The second-order valence-corrected chi connectivity index (χ2v) is 6.08. The first-order valence-electron chi connectivity index (χ1n) is 8.08. The molecule has 0 saturated heterocycles. The zero-order chi connectivity index (χ0) is 17.2. The molecule has 3 nitrogen and oxygen atoms in total. The van der Waals surface area contributed by atoms with Gasteiger partial charge in [0.05, 0.1) is 5.54 Å². The Bertz CT molecular complexity index is 855. The fourth-order valence-electron chi connectivity index (χ4n) is 3.31. The number of benzene rings is 3. The molecular formula is C21H22N2O. The lowest BCUT2D eigenvalue weighted by molar-refractivity contribution is 0.169. The molecule has 0 aromatic heterocycles. The predicted octanol–water partition coefficient (Wildman–Crippen LogP) is 4.37. The van der Waals surface area contributed by atoms with Crippen molar-refractivity contribution in [2.75, 3.05) is 14.1 Å². The van der Waals surface area contributed by atoms with E-state index < -0.39 is 5.54 Å². The smallest absolute Gasteiger partial charge is 0.317 e. The van der Waals surface area contributed by atoms with Gasteiger partial charge in [0.15, 0.2) is 0 Å². The van der Waals surface area contributed by atoms with Gasteiger partial charge in [0.1, 0.15) is 0 Å². The number of carbonyl (C=O) groups is 1. The lowest BCUT2D eigenvalue weighted by Crippen LogP contribution is -2.49. The van der Waals surface area contributed by atoms with E-state index in [1.165, 1.54) is 5.39 Å². The maximum atomic E-state index is 12.5. The van der Waals surface area contributed by atoms with Crippen molar-refractivity contribution in [1.29, 1.82) is 0 Å². The van der Waals surface area contributed by atoms with Gasteiger partial charge in [-0.25, -0.2) is 4.79 Å². The highest BCUT2D eigenvalue weighted by Gasteiger charge is 2.37. The molecule has 1 N–H and O–H groups in total. The van der Waals surface area contributed by atoms with Gasteiger partial charge < -0.3 is 10.2 Å². The summed E-state index contributed by atoms with van der Waals surface area (Å²) in [5, 5.41) is 5.07. The van der Waals surface area contributed by atoms with E-state index in [1.807, 2.05) is 37.4 Å². The van der Waals surface area contributed by atoms with Crippen molar-refractivity contribution in [1.82, 2.24) is 10.2 Å². The van der Waals surface area contributed by atoms with Gasteiger partial charge in [-0.2, -0.15) is 0 Å². The molecule has 0 aliphatic carbocycles. The minimum absolute atomic E-state index is 0.116. The summed E-state index contributed by atoms with van der Waals surface area (Å²) in [5.74, 6) is 0. The van der Waals surface area contributed by atoms with Gasteiger partial charge in [0.2, 0.25) is 0 Å². The second kappa shape index (κ2) is 6.36. The summed E-state index contributed by atoms with van der Waals surface area (Å²) in [5.41, 5.74) is 1.60. The van der Waals surface area contributed by atoms with Crippen LogP contribution in [0.2, 0.25) is 0 Å². The molecule has 122 valence electrons. The number of hydrogen-bond donors (Lipinski definition) is 1. The normalized spacial score (nSPS) is 13.3. The average Bonchev–Trinajstić information content (AvgIpc) is 2.66. The highest BCUT2D eigenvalue weighted by molar-refractivity contribution is 5.88. The van der Waals surface area contributed by atoms with Crippen molar-refractivity contribution in [3.63, 3.8) is 0 Å². The van der Waals surface area contributed by atoms with Crippen LogP contribution >= 0.6 is 0 Å². The Morgan fingerprint density at radius 1 is 0.917 bits per heavy atom. The van der Waals surface area contributed by atoms with Crippen LogP contribution in [0.25, 0.3) is 10.8 Å². The number of fused-ring (bicyclic) bond motifs is 1. The minimum Gasteiger partial charge on any atom is -0.341 e.